The average molecular weight is 198 g/mol. The summed E-state index contributed by atoms with van der Waals surface area (Å²) in [5.74, 6) is -3.99. The zero-order valence-electron chi connectivity index (χ0n) is 6.76. The standard InChI is InChI=1S/C6H6N4O4/c7-3-1(5(11)12)2(6(13)14)4(8)10-9-3/h(H2,7,9)(H2,8,10)(H,11,12)(H,13,14). The number of nitrogen functional groups attached to an aromatic ring is 2. The van der Waals surface area contributed by atoms with Crippen molar-refractivity contribution in [2.75, 3.05) is 11.5 Å². The quantitative estimate of drug-likeness (QED) is 0.473. The van der Waals surface area contributed by atoms with Crippen LogP contribution in [0.25, 0.3) is 0 Å². The molecule has 0 saturated heterocycles. The van der Waals surface area contributed by atoms with E-state index in [1.165, 1.54) is 0 Å². The second kappa shape index (κ2) is 3.17. The molecule has 14 heavy (non-hydrogen) atoms. The molecule has 1 heterocycles. The van der Waals surface area contributed by atoms with Crippen molar-refractivity contribution in [2.45, 2.75) is 0 Å². The first-order valence-electron chi connectivity index (χ1n) is 3.33. The molecular weight excluding hydrogens is 192 g/mol. The predicted molar refractivity (Wildman–Crippen MR) is 44.8 cm³/mol. The molecule has 1 rings (SSSR count). The van der Waals surface area contributed by atoms with E-state index in [0.717, 1.165) is 0 Å². The Bertz CT molecular complexity index is 378. The maximum Gasteiger partial charge on any atom is 0.340 e. The van der Waals surface area contributed by atoms with Gasteiger partial charge in [0.15, 0.2) is 11.6 Å². The van der Waals surface area contributed by atoms with Crippen LogP contribution in [-0.2, 0) is 0 Å². The van der Waals surface area contributed by atoms with E-state index in [0.29, 0.717) is 0 Å². The van der Waals surface area contributed by atoms with Gasteiger partial charge in [0, 0.05) is 0 Å². The topological polar surface area (TPSA) is 152 Å². The van der Waals surface area contributed by atoms with Gasteiger partial charge in [0.1, 0.15) is 11.1 Å². The van der Waals surface area contributed by atoms with Gasteiger partial charge < -0.3 is 21.7 Å². The molecule has 6 N–H and O–H groups in total. The molecule has 0 bridgehead atoms. The third kappa shape index (κ3) is 1.40. The van der Waals surface area contributed by atoms with E-state index < -0.39 is 34.7 Å². The number of nitrogens with two attached hydrogens (primary N) is 2. The van der Waals surface area contributed by atoms with Crippen LogP contribution in [0.4, 0.5) is 11.6 Å². The zero-order valence-corrected chi connectivity index (χ0v) is 6.76. The summed E-state index contributed by atoms with van der Waals surface area (Å²) in [6, 6.07) is 0. The molecule has 1 aromatic rings. The number of carboxylic acids is 2. The summed E-state index contributed by atoms with van der Waals surface area (Å²) < 4.78 is 0. The van der Waals surface area contributed by atoms with Crippen molar-refractivity contribution in [2.24, 2.45) is 0 Å². The number of hydrogen-bond acceptors (Lipinski definition) is 6. The summed E-state index contributed by atoms with van der Waals surface area (Å²) in [7, 11) is 0. The molecular formula is C6H6N4O4. The normalized spacial score (nSPS) is 9.71. The van der Waals surface area contributed by atoms with Crippen molar-refractivity contribution < 1.29 is 19.8 Å². The minimum Gasteiger partial charge on any atom is -0.478 e. The molecule has 0 radical (unpaired) electrons. The lowest BCUT2D eigenvalue weighted by atomic mass is 10.1. The Hall–Kier alpha value is -2.38. The number of carboxylic acid groups (broad SMARTS) is 2. The summed E-state index contributed by atoms with van der Waals surface area (Å²) in [5, 5.41) is 23.7. The van der Waals surface area contributed by atoms with Crippen molar-refractivity contribution in [3.05, 3.63) is 11.1 Å². The van der Waals surface area contributed by atoms with E-state index >= 15 is 0 Å². The van der Waals surface area contributed by atoms with Crippen molar-refractivity contribution in [3.8, 4) is 0 Å². The van der Waals surface area contributed by atoms with Crippen LogP contribution >= 0.6 is 0 Å². The number of aromatic nitrogens is 2. The van der Waals surface area contributed by atoms with E-state index in [9.17, 15) is 9.59 Å². The van der Waals surface area contributed by atoms with Crippen molar-refractivity contribution in [1.82, 2.24) is 10.2 Å². The number of carbonyl (C=O) groups is 2. The third-order valence-electron chi connectivity index (χ3n) is 1.46. The summed E-state index contributed by atoms with van der Waals surface area (Å²) in [4.78, 5) is 21.3. The molecule has 0 amide bonds. The lowest BCUT2D eigenvalue weighted by Crippen LogP contribution is -2.17. The number of anilines is 2. The van der Waals surface area contributed by atoms with Crippen LogP contribution in [0.2, 0.25) is 0 Å². The van der Waals surface area contributed by atoms with Gasteiger partial charge in [0.2, 0.25) is 0 Å². The van der Waals surface area contributed by atoms with E-state index in [2.05, 4.69) is 10.2 Å². The minimum atomic E-state index is -1.51. The Morgan fingerprint density at radius 1 is 0.929 bits per heavy atom. The van der Waals surface area contributed by atoms with Crippen LogP contribution in [-0.4, -0.2) is 32.3 Å². The van der Waals surface area contributed by atoms with Gasteiger partial charge in [0.05, 0.1) is 0 Å². The highest BCUT2D eigenvalue weighted by atomic mass is 16.4. The van der Waals surface area contributed by atoms with Crippen LogP contribution in [0.15, 0.2) is 0 Å². The summed E-state index contributed by atoms with van der Waals surface area (Å²) in [6.07, 6.45) is 0. The first-order valence-corrected chi connectivity index (χ1v) is 3.33. The smallest absolute Gasteiger partial charge is 0.340 e. The molecule has 0 fully saturated rings. The first-order chi connectivity index (χ1) is 6.45. The van der Waals surface area contributed by atoms with Gasteiger partial charge in [-0.15, -0.1) is 10.2 Å². The van der Waals surface area contributed by atoms with E-state index in [1.807, 2.05) is 0 Å². The van der Waals surface area contributed by atoms with Crippen molar-refractivity contribution in [3.63, 3.8) is 0 Å². The Morgan fingerprint density at radius 2 is 1.21 bits per heavy atom. The SMILES string of the molecule is Nc1nnc(N)c(C(=O)O)c1C(=O)O. The average Bonchev–Trinajstić information content (AvgIpc) is 2.07. The largest absolute Gasteiger partial charge is 0.478 e. The van der Waals surface area contributed by atoms with Gasteiger partial charge in [-0.05, 0) is 0 Å². The fourth-order valence-corrected chi connectivity index (χ4v) is 0.897. The minimum absolute atomic E-state index is 0.482. The highest BCUT2D eigenvalue weighted by Crippen LogP contribution is 2.18. The summed E-state index contributed by atoms with van der Waals surface area (Å²) in [6.45, 7) is 0. The van der Waals surface area contributed by atoms with Crippen molar-refractivity contribution in [1.29, 1.82) is 0 Å². The van der Waals surface area contributed by atoms with Gasteiger partial charge in [-0.2, -0.15) is 0 Å². The van der Waals surface area contributed by atoms with Crippen LogP contribution in [0, 0.1) is 0 Å². The fourth-order valence-electron chi connectivity index (χ4n) is 0.897. The molecule has 0 aliphatic heterocycles. The summed E-state index contributed by atoms with van der Waals surface area (Å²) >= 11 is 0. The molecule has 0 unspecified atom stereocenters. The predicted octanol–water partition coefficient (Wildman–Crippen LogP) is -0.963. The second-order valence-electron chi connectivity index (χ2n) is 2.33. The Morgan fingerprint density at radius 3 is 1.43 bits per heavy atom. The number of rotatable bonds is 2. The number of aromatic carboxylic acids is 2. The fraction of sp³-hybridized carbons (Fsp3) is 0. The van der Waals surface area contributed by atoms with Crippen LogP contribution in [0.5, 0.6) is 0 Å². The lowest BCUT2D eigenvalue weighted by Gasteiger charge is -2.04. The van der Waals surface area contributed by atoms with Crippen molar-refractivity contribution >= 4 is 23.6 Å². The second-order valence-corrected chi connectivity index (χ2v) is 2.33. The van der Waals surface area contributed by atoms with Gasteiger partial charge in [-0.25, -0.2) is 9.59 Å². The van der Waals surface area contributed by atoms with Gasteiger partial charge in [-0.3, -0.25) is 0 Å². The zero-order chi connectivity index (χ0) is 10.9. The molecule has 0 atom stereocenters. The van der Waals surface area contributed by atoms with Gasteiger partial charge in [0.25, 0.3) is 0 Å². The molecule has 0 aromatic carbocycles. The lowest BCUT2D eigenvalue weighted by molar-refractivity contribution is 0.0652. The summed E-state index contributed by atoms with van der Waals surface area (Å²) in [5.41, 5.74) is 9.01. The third-order valence-corrected chi connectivity index (χ3v) is 1.46. The Labute approximate surface area is 77.2 Å². The highest BCUT2D eigenvalue weighted by Gasteiger charge is 2.24. The molecule has 74 valence electrons. The van der Waals surface area contributed by atoms with Gasteiger partial charge >= 0.3 is 11.9 Å². The maximum absolute atomic E-state index is 10.6. The molecule has 0 aliphatic carbocycles. The Balaban J connectivity index is 3.58. The molecule has 8 heteroatoms. The van der Waals surface area contributed by atoms with Gasteiger partial charge in [-0.1, -0.05) is 0 Å². The highest BCUT2D eigenvalue weighted by molar-refractivity contribution is 6.07. The Kier molecular flexibility index (Phi) is 2.19. The van der Waals surface area contributed by atoms with Crippen LogP contribution in [0.3, 0.4) is 0 Å². The van der Waals surface area contributed by atoms with Crippen LogP contribution in [0.1, 0.15) is 20.7 Å². The van der Waals surface area contributed by atoms with E-state index in [-0.39, 0.29) is 0 Å². The molecule has 0 spiro atoms. The van der Waals surface area contributed by atoms with E-state index in [1.54, 1.807) is 0 Å². The molecule has 1 aromatic heterocycles. The molecule has 0 aliphatic rings. The first kappa shape index (κ1) is 9.71. The monoisotopic (exact) mass is 198 g/mol. The van der Waals surface area contributed by atoms with E-state index in [4.69, 9.17) is 21.7 Å². The number of nitrogens with zero attached hydrogens (tertiary/aromatic N) is 2. The maximum atomic E-state index is 10.6. The van der Waals surface area contributed by atoms with Crippen LogP contribution < -0.4 is 11.5 Å². The number of hydrogen-bond donors (Lipinski definition) is 4. The molecule has 0 saturated carbocycles. The molecule has 8 nitrogen and oxygen atoms in total.